The van der Waals surface area contributed by atoms with Gasteiger partial charge in [0.05, 0.1) is 41.1 Å². The molecule has 2 aromatic heterocycles. The van der Waals surface area contributed by atoms with Crippen molar-refractivity contribution >= 4 is 29.4 Å². The van der Waals surface area contributed by atoms with E-state index in [4.69, 9.17) is 13.9 Å². The summed E-state index contributed by atoms with van der Waals surface area (Å²) in [6.45, 7) is 3.54. The Kier molecular flexibility index (Phi) is 7.12. The van der Waals surface area contributed by atoms with Gasteiger partial charge in [-0.3, -0.25) is 9.36 Å². The molecule has 0 saturated heterocycles. The number of hydrogen-bond donors (Lipinski definition) is 0. The molecule has 0 bridgehead atoms. The van der Waals surface area contributed by atoms with Crippen LogP contribution in [0.15, 0.2) is 86.1 Å². The van der Waals surface area contributed by atoms with Crippen molar-refractivity contribution in [1.29, 1.82) is 0 Å². The van der Waals surface area contributed by atoms with Gasteiger partial charge in [-0.15, -0.1) is 0 Å². The highest BCUT2D eigenvalue weighted by atomic mass is 32.1. The molecule has 0 spiro atoms. The molecule has 2 aromatic carbocycles. The Balaban J connectivity index is 1.57. The van der Waals surface area contributed by atoms with Gasteiger partial charge in [-0.1, -0.05) is 35.6 Å². The van der Waals surface area contributed by atoms with Crippen LogP contribution < -0.4 is 14.9 Å². The second-order valence-corrected chi connectivity index (χ2v) is 9.63. The van der Waals surface area contributed by atoms with Crippen LogP contribution in [0.4, 0.5) is 4.39 Å². The topological polar surface area (TPSA) is 100 Å². The second kappa shape index (κ2) is 10.7. The van der Waals surface area contributed by atoms with E-state index in [-0.39, 0.29) is 17.7 Å². The first kappa shape index (κ1) is 26.1. The first-order chi connectivity index (χ1) is 18.8. The molecule has 0 fully saturated rings. The Labute approximate surface area is 226 Å². The number of thiazole rings is 1. The number of ether oxygens (including phenoxy) is 2. The summed E-state index contributed by atoms with van der Waals surface area (Å²) in [6, 6.07) is 15.1. The average Bonchev–Trinajstić information content (AvgIpc) is 3.52. The molecule has 4 aromatic rings. The third-order valence-electron chi connectivity index (χ3n) is 6.19. The van der Waals surface area contributed by atoms with Crippen LogP contribution in [-0.2, 0) is 14.3 Å². The van der Waals surface area contributed by atoms with Gasteiger partial charge in [0.1, 0.15) is 17.3 Å². The molecule has 1 aliphatic rings. The zero-order valence-electron chi connectivity index (χ0n) is 21.3. The zero-order valence-corrected chi connectivity index (χ0v) is 22.1. The number of esters is 2. The fraction of sp³-hybridized carbons (Fsp3) is 0.172. The fourth-order valence-corrected chi connectivity index (χ4v) is 5.38. The van der Waals surface area contributed by atoms with E-state index in [2.05, 4.69) is 4.99 Å². The van der Waals surface area contributed by atoms with Gasteiger partial charge in [0, 0.05) is 11.6 Å². The first-order valence-corrected chi connectivity index (χ1v) is 12.9. The minimum absolute atomic E-state index is 0.155. The number of carbonyl (C=O) groups excluding carboxylic acids is 2. The lowest BCUT2D eigenvalue weighted by atomic mass is 9.96. The number of carbonyl (C=O) groups is 2. The summed E-state index contributed by atoms with van der Waals surface area (Å²) >= 11 is 1.16. The number of allylic oxidation sites excluding steroid dienone is 1. The number of furan rings is 1. The molecule has 10 heteroatoms. The number of fused-ring (bicyclic) bond motifs is 1. The Morgan fingerprint density at radius 2 is 1.79 bits per heavy atom. The van der Waals surface area contributed by atoms with Crippen LogP contribution >= 0.6 is 11.3 Å². The number of halogens is 1. The van der Waals surface area contributed by atoms with E-state index in [1.165, 1.54) is 23.8 Å². The highest BCUT2D eigenvalue weighted by molar-refractivity contribution is 7.07. The second-order valence-electron chi connectivity index (χ2n) is 8.62. The predicted molar refractivity (Wildman–Crippen MR) is 142 cm³/mol. The van der Waals surface area contributed by atoms with Crippen molar-refractivity contribution in [1.82, 2.24) is 4.57 Å². The molecule has 39 heavy (non-hydrogen) atoms. The standard InChI is InChI=1S/C29H23FN2O6S/c1-4-37-28(35)24-16(2)31-29-32(25(24)18-9-11-20(30)12-10-18)26(33)23(39-29)15-21-13-14-22(38-21)17-5-7-19(8-6-17)27(34)36-3/h5-15,25H,4H2,1-3H3/b23-15-/t25-/m1/s1. The summed E-state index contributed by atoms with van der Waals surface area (Å²) in [4.78, 5) is 43.2. The molecular formula is C29H23FN2O6S. The summed E-state index contributed by atoms with van der Waals surface area (Å²) in [6.07, 6.45) is 1.61. The van der Waals surface area contributed by atoms with E-state index in [1.807, 2.05) is 0 Å². The lowest BCUT2D eigenvalue weighted by Gasteiger charge is -2.24. The third kappa shape index (κ3) is 4.98. The predicted octanol–water partition coefficient (Wildman–Crippen LogP) is 3.98. The van der Waals surface area contributed by atoms with E-state index in [1.54, 1.807) is 68.5 Å². The Hall–Kier alpha value is -4.57. The number of aromatic nitrogens is 1. The van der Waals surface area contributed by atoms with E-state index in [9.17, 15) is 18.8 Å². The van der Waals surface area contributed by atoms with Crippen molar-refractivity contribution in [3.63, 3.8) is 0 Å². The van der Waals surface area contributed by atoms with Crippen molar-refractivity contribution in [3.05, 3.63) is 114 Å². The van der Waals surface area contributed by atoms with Crippen LogP contribution in [-0.4, -0.2) is 30.2 Å². The van der Waals surface area contributed by atoms with Crippen LogP contribution in [0.1, 0.15) is 41.6 Å². The smallest absolute Gasteiger partial charge is 0.338 e. The molecule has 8 nitrogen and oxygen atoms in total. The van der Waals surface area contributed by atoms with Crippen molar-refractivity contribution < 1.29 is 27.9 Å². The average molecular weight is 547 g/mol. The Morgan fingerprint density at radius 3 is 2.46 bits per heavy atom. The zero-order chi connectivity index (χ0) is 27.7. The van der Waals surface area contributed by atoms with Crippen molar-refractivity contribution in [2.24, 2.45) is 4.99 Å². The minimum atomic E-state index is -0.830. The maximum Gasteiger partial charge on any atom is 0.338 e. The molecule has 0 saturated carbocycles. The van der Waals surface area contributed by atoms with Crippen molar-refractivity contribution in [2.75, 3.05) is 13.7 Å². The maximum absolute atomic E-state index is 13.7. The molecule has 0 aliphatic carbocycles. The van der Waals surface area contributed by atoms with Crippen LogP contribution in [0.25, 0.3) is 17.4 Å². The first-order valence-electron chi connectivity index (χ1n) is 12.0. The van der Waals surface area contributed by atoms with Gasteiger partial charge >= 0.3 is 11.9 Å². The summed E-state index contributed by atoms with van der Waals surface area (Å²) in [5, 5.41) is 0. The molecule has 0 unspecified atom stereocenters. The van der Waals surface area contributed by atoms with Crippen molar-refractivity contribution in [3.8, 4) is 11.3 Å². The third-order valence-corrected chi connectivity index (χ3v) is 7.18. The fourth-order valence-electron chi connectivity index (χ4n) is 4.36. The van der Waals surface area contributed by atoms with E-state index >= 15 is 0 Å². The molecule has 5 rings (SSSR count). The van der Waals surface area contributed by atoms with E-state index < -0.39 is 23.8 Å². The number of hydrogen-bond acceptors (Lipinski definition) is 8. The summed E-state index contributed by atoms with van der Waals surface area (Å²) in [7, 11) is 1.32. The highest BCUT2D eigenvalue weighted by Gasteiger charge is 2.33. The largest absolute Gasteiger partial charge is 0.465 e. The lowest BCUT2D eigenvalue weighted by Crippen LogP contribution is -2.39. The molecular weight excluding hydrogens is 523 g/mol. The van der Waals surface area contributed by atoms with Crippen LogP contribution in [0.3, 0.4) is 0 Å². The number of methoxy groups -OCH3 is 1. The normalized spacial score (nSPS) is 15.1. The van der Waals surface area contributed by atoms with Gasteiger partial charge < -0.3 is 13.9 Å². The van der Waals surface area contributed by atoms with Gasteiger partial charge in [0.15, 0.2) is 4.80 Å². The summed E-state index contributed by atoms with van der Waals surface area (Å²) in [5.74, 6) is -0.464. The van der Waals surface area contributed by atoms with Gasteiger partial charge in [-0.05, 0) is 55.8 Å². The summed E-state index contributed by atoms with van der Waals surface area (Å²) < 4.78 is 31.4. The minimum Gasteiger partial charge on any atom is -0.465 e. The van der Waals surface area contributed by atoms with Crippen LogP contribution in [0.5, 0.6) is 0 Å². The SMILES string of the molecule is CCOC(=O)C1=C(C)N=c2s/c(=C\c3ccc(-c4ccc(C(=O)OC)cc4)o3)c(=O)n2[C@@H]1c1ccc(F)cc1. The van der Waals surface area contributed by atoms with Crippen molar-refractivity contribution in [2.45, 2.75) is 19.9 Å². The van der Waals surface area contributed by atoms with Gasteiger partial charge in [-0.25, -0.2) is 19.0 Å². The van der Waals surface area contributed by atoms with Crippen LogP contribution in [0.2, 0.25) is 0 Å². The van der Waals surface area contributed by atoms with E-state index in [0.29, 0.717) is 37.7 Å². The maximum atomic E-state index is 13.7. The molecule has 0 amide bonds. The molecule has 0 N–H and O–H groups in total. The van der Waals surface area contributed by atoms with Gasteiger partial charge in [0.2, 0.25) is 0 Å². The Bertz CT molecular complexity index is 1780. The Morgan fingerprint density at radius 1 is 1.08 bits per heavy atom. The summed E-state index contributed by atoms with van der Waals surface area (Å²) in [5.41, 5.74) is 1.99. The number of benzene rings is 2. The molecule has 0 radical (unpaired) electrons. The molecule has 3 heterocycles. The molecule has 1 aliphatic heterocycles. The quantitative estimate of drug-likeness (QED) is 0.339. The van der Waals surface area contributed by atoms with Crippen LogP contribution in [0, 0.1) is 5.82 Å². The number of nitrogens with zero attached hydrogens (tertiary/aromatic N) is 2. The number of rotatable bonds is 6. The van der Waals surface area contributed by atoms with Gasteiger partial charge in [-0.2, -0.15) is 0 Å². The van der Waals surface area contributed by atoms with E-state index in [0.717, 1.165) is 16.9 Å². The van der Waals surface area contributed by atoms with Gasteiger partial charge in [0.25, 0.3) is 5.56 Å². The lowest BCUT2D eigenvalue weighted by molar-refractivity contribution is -0.139. The molecule has 198 valence electrons. The molecule has 1 atom stereocenters. The highest BCUT2D eigenvalue weighted by Crippen LogP contribution is 2.31. The monoisotopic (exact) mass is 546 g/mol.